The Kier molecular flexibility index (Phi) is 3.54. The molecular formula is C16H15F2NO. The Morgan fingerprint density at radius 2 is 1.70 bits per heavy atom. The summed E-state index contributed by atoms with van der Waals surface area (Å²) in [6, 6.07) is 15.4. The van der Waals surface area contributed by atoms with Crippen LogP contribution >= 0.6 is 0 Å². The van der Waals surface area contributed by atoms with Crippen molar-refractivity contribution in [2.45, 2.75) is 25.5 Å². The zero-order valence-electron chi connectivity index (χ0n) is 10.9. The van der Waals surface area contributed by atoms with Crippen molar-refractivity contribution in [3.8, 4) is 5.75 Å². The second kappa shape index (κ2) is 5.49. The summed E-state index contributed by atoms with van der Waals surface area (Å²) in [4.78, 5) is 0. The normalized spacial score (nSPS) is 14.3. The number of alkyl halides is 2. The van der Waals surface area contributed by atoms with Crippen LogP contribution in [-0.4, -0.2) is 12.7 Å². The highest BCUT2D eigenvalue weighted by atomic mass is 19.3. The number of rotatable bonds is 4. The molecule has 2 nitrogen and oxygen atoms in total. The van der Waals surface area contributed by atoms with Gasteiger partial charge in [0.1, 0.15) is 5.75 Å². The van der Waals surface area contributed by atoms with Crippen LogP contribution in [0.3, 0.4) is 0 Å². The van der Waals surface area contributed by atoms with Gasteiger partial charge in [-0.3, -0.25) is 0 Å². The molecule has 0 heterocycles. The first-order valence-electron chi connectivity index (χ1n) is 6.59. The lowest BCUT2D eigenvalue weighted by molar-refractivity contribution is -0.0498. The van der Waals surface area contributed by atoms with Crippen LogP contribution in [0.15, 0.2) is 48.5 Å². The first-order valence-corrected chi connectivity index (χ1v) is 6.59. The minimum atomic E-state index is -2.79. The number of ether oxygens (including phenoxy) is 1. The zero-order valence-corrected chi connectivity index (χ0v) is 10.9. The van der Waals surface area contributed by atoms with Crippen molar-refractivity contribution in [3.05, 3.63) is 59.7 Å². The molecular weight excluding hydrogens is 260 g/mol. The van der Waals surface area contributed by atoms with Crippen LogP contribution < -0.4 is 10.1 Å². The Morgan fingerprint density at radius 3 is 2.35 bits per heavy atom. The lowest BCUT2D eigenvalue weighted by atomic mass is 10.1. The predicted molar refractivity (Wildman–Crippen MR) is 74.3 cm³/mol. The molecule has 4 heteroatoms. The summed E-state index contributed by atoms with van der Waals surface area (Å²) >= 11 is 0. The number of benzene rings is 2. The van der Waals surface area contributed by atoms with E-state index in [1.807, 2.05) is 18.2 Å². The Morgan fingerprint density at radius 1 is 1.00 bits per heavy atom. The molecule has 0 bridgehead atoms. The molecule has 0 amide bonds. The second-order valence-electron chi connectivity index (χ2n) is 4.92. The molecule has 0 aromatic heterocycles. The third-order valence-electron chi connectivity index (χ3n) is 3.48. The molecule has 2 aromatic rings. The molecule has 1 aliphatic rings. The van der Waals surface area contributed by atoms with E-state index in [2.05, 4.69) is 22.2 Å². The van der Waals surface area contributed by atoms with Gasteiger partial charge in [-0.1, -0.05) is 30.3 Å². The van der Waals surface area contributed by atoms with Gasteiger partial charge in [0.15, 0.2) is 0 Å². The second-order valence-corrected chi connectivity index (χ2v) is 4.92. The number of halogens is 2. The molecule has 0 unspecified atom stereocenters. The quantitative estimate of drug-likeness (QED) is 0.914. The minimum absolute atomic E-state index is 0.181. The third-order valence-corrected chi connectivity index (χ3v) is 3.48. The topological polar surface area (TPSA) is 21.3 Å². The van der Waals surface area contributed by atoms with E-state index in [1.165, 1.54) is 17.2 Å². The van der Waals surface area contributed by atoms with Crippen LogP contribution in [0, 0.1) is 0 Å². The van der Waals surface area contributed by atoms with Crippen LogP contribution in [0.25, 0.3) is 0 Å². The maximum absolute atomic E-state index is 12.2. The van der Waals surface area contributed by atoms with Gasteiger partial charge in [-0.15, -0.1) is 0 Å². The fourth-order valence-electron chi connectivity index (χ4n) is 2.66. The lowest BCUT2D eigenvalue weighted by Crippen LogP contribution is -2.19. The van der Waals surface area contributed by atoms with Crippen molar-refractivity contribution in [2.24, 2.45) is 0 Å². The summed E-state index contributed by atoms with van der Waals surface area (Å²) < 4.78 is 28.8. The molecule has 0 saturated heterocycles. The Hall–Kier alpha value is -2.10. The molecule has 104 valence electrons. The highest BCUT2D eigenvalue weighted by Crippen LogP contribution is 2.26. The maximum atomic E-state index is 12.2. The van der Waals surface area contributed by atoms with Gasteiger partial charge in [0, 0.05) is 17.8 Å². The zero-order chi connectivity index (χ0) is 13.9. The molecule has 1 N–H and O–H groups in total. The van der Waals surface area contributed by atoms with Gasteiger partial charge in [-0.25, -0.2) is 0 Å². The highest BCUT2D eigenvalue weighted by Gasteiger charge is 2.20. The van der Waals surface area contributed by atoms with E-state index >= 15 is 0 Å². The van der Waals surface area contributed by atoms with Crippen molar-refractivity contribution in [3.63, 3.8) is 0 Å². The molecule has 0 aliphatic heterocycles. The standard InChI is InChI=1S/C16H15F2NO/c17-16(18)20-15-7-3-6-13(10-15)19-14-8-11-4-1-2-5-12(11)9-14/h1-7,10,14,16,19H,8-9H2. The summed E-state index contributed by atoms with van der Waals surface area (Å²) in [7, 11) is 0. The smallest absolute Gasteiger partial charge is 0.387 e. The Bertz CT molecular complexity index is 576. The van der Waals surface area contributed by atoms with Crippen LogP contribution in [-0.2, 0) is 12.8 Å². The SMILES string of the molecule is FC(F)Oc1cccc(NC2Cc3ccccc3C2)c1. The molecule has 0 saturated carbocycles. The molecule has 0 spiro atoms. The van der Waals surface area contributed by atoms with Crippen LogP contribution in [0.4, 0.5) is 14.5 Å². The number of hydrogen-bond donors (Lipinski definition) is 1. The molecule has 2 aromatic carbocycles. The van der Waals surface area contributed by atoms with E-state index in [0.29, 0.717) is 6.04 Å². The summed E-state index contributed by atoms with van der Waals surface area (Å²) in [6.07, 6.45) is 1.91. The molecule has 20 heavy (non-hydrogen) atoms. The summed E-state index contributed by atoms with van der Waals surface area (Å²) in [5.41, 5.74) is 3.51. The summed E-state index contributed by atoms with van der Waals surface area (Å²) in [6.45, 7) is -2.79. The fourth-order valence-corrected chi connectivity index (χ4v) is 2.66. The van der Waals surface area contributed by atoms with E-state index < -0.39 is 6.61 Å². The first kappa shape index (κ1) is 12.9. The van der Waals surface area contributed by atoms with Crippen molar-refractivity contribution in [2.75, 3.05) is 5.32 Å². The third kappa shape index (κ3) is 2.90. The van der Waals surface area contributed by atoms with Crippen molar-refractivity contribution in [1.29, 1.82) is 0 Å². The Balaban J connectivity index is 1.68. The summed E-state index contributed by atoms with van der Waals surface area (Å²) in [5, 5.41) is 3.38. The van der Waals surface area contributed by atoms with E-state index in [1.54, 1.807) is 12.1 Å². The van der Waals surface area contributed by atoms with Gasteiger partial charge in [-0.2, -0.15) is 8.78 Å². The van der Waals surface area contributed by atoms with E-state index in [0.717, 1.165) is 18.5 Å². The van der Waals surface area contributed by atoms with Crippen LogP contribution in [0.1, 0.15) is 11.1 Å². The van der Waals surface area contributed by atoms with E-state index in [9.17, 15) is 8.78 Å². The van der Waals surface area contributed by atoms with Crippen molar-refractivity contribution < 1.29 is 13.5 Å². The number of hydrogen-bond acceptors (Lipinski definition) is 2. The number of nitrogens with one attached hydrogen (secondary N) is 1. The predicted octanol–water partition coefficient (Wildman–Crippen LogP) is 3.87. The lowest BCUT2D eigenvalue weighted by Gasteiger charge is -2.14. The van der Waals surface area contributed by atoms with Crippen molar-refractivity contribution in [1.82, 2.24) is 0 Å². The summed E-state index contributed by atoms with van der Waals surface area (Å²) in [5.74, 6) is 0.181. The van der Waals surface area contributed by atoms with Gasteiger partial charge in [-0.05, 0) is 36.1 Å². The molecule has 0 fully saturated rings. The van der Waals surface area contributed by atoms with E-state index in [4.69, 9.17) is 0 Å². The minimum Gasteiger partial charge on any atom is -0.435 e. The molecule has 3 rings (SSSR count). The number of anilines is 1. The van der Waals surface area contributed by atoms with Gasteiger partial charge in [0.2, 0.25) is 0 Å². The molecule has 0 atom stereocenters. The first-order chi connectivity index (χ1) is 9.70. The average molecular weight is 275 g/mol. The van der Waals surface area contributed by atoms with Gasteiger partial charge in [0.25, 0.3) is 0 Å². The van der Waals surface area contributed by atoms with Crippen molar-refractivity contribution >= 4 is 5.69 Å². The largest absolute Gasteiger partial charge is 0.435 e. The van der Waals surface area contributed by atoms with E-state index in [-0.39, 0.29) is 5.75 Å². The van der Waals surface area contributed by atoms with Gasteiger partial charge < -0.3 is 10.1 Å². The molecule has 0 radical (unpaired) electrons. The molecule has 1 aliphatic carbocycles. The highest BCUT2D eigenvalue weighted by molar-refractivity contribution is 5.50. The van der Waals surface area contributed by atoms with Crippen LogP contribution in [0.2, 0.25) is 0 Å². The average Bonchev–Trinajstić information content (AvgIpc) is 2.80. The maximum Gasteiger partial charge on any atom is 0.387 e. The van der Waals surface area contributed by atoms with Gasteiger partial charge in [0.05, 0.1) is 0 Å². The fraction of sp³-hybridized carbons (Fsp3) is 0.250. The Labute approximate surface area is 116 Å². The monoisotopic (exact) mass is 275 g/mol. The van der Waals surface area contributed by atoms with Gasteiger partial charge >= 0.3 is 6.61 Å². The van der Waals surface area contributed by atoms with Crippen LogP contribution in [0.5, 0.6) is 5.75 Å². The number of fused-ring (bicyclic) bond motifs is 1.